The second-order valence-corrected chi connectivity index (χ2v) is 7.77. The van der Waals surface area contributed by atoms with Crippen molar-refractivity contribution >= 4 is 21.7 Å². The third-order valence-electron chi connectivity index (χ3n) is 4.09. The van der Waals surface area contributed by atoms with Crippen molar-refractivity contribution in [3.63, 3.8) is 0 Å². The molecule has 1 fully saturated rings. The number of nitrogens with zero attached hydrogens (tertiary/aromatic N) is 1. The highest BCUT2D eigenvalue weighted by Crippen LogP contribution is 2.21. The fourth-order valence-electron chi connectivity index (χ4n) is 2.59. The highest BCUT2D eigenvalue weighted by molar-refractivity contribution is 7.92. The standard InChI is InChI=1S/C15H20N2O4S/c1-11(22(20,21)13-5-3-2-4-6-13)15(19)17-9-7-12(8-10-17)14(16)18/h2-6,11-12H,7-10H2,1H3,(H2,16,18). The third-order valence-corrected chi connectivity index (χ3v) is 6.16. The minimum Gasteiger partial charge on any atom is -0.369 e. The molecule has 2 amide bonds. The molecule has 0 aliphatic carbocycles. The van der Waals surface area contributed by atoms with Gasteiger partial charge in [-0.1, -0.05) is 18.2 Å². The van der Waals surface area contributed by atoms with E-state index in [1.807, 2.05) is 0 Å². The van der Waals surface area contributed by atoms with Gasteiger partial charge in [-0.05, 0) is 31.9 Å². The predicted molar refractivity (Wildman–Crippen MR) is 81.6 cm³/mol. The van der Waals surface area contributed by atoms with Crippen molar-refractivity contribution in [2.75, 3.05) is 13.1 Å². The normalized spacial score (nSPS) is 18.0. The highest BCUT2D eigenvalue weighted by Gasteiger charge is 2.35. The molecule has 1 aliphatic heterocycles. The fraction of sp³-hybridized carbons (Fsp3) is 0.467. The molecular formula is C15H20N2O4S. The Morgan fingerprint density at radius 3 is 2.23 bits per heavy atom. The maximum absolute atomic E-state index is 12.5. The van der Waals surface area contributed by atoms with E-state index in [0.717, 1.165) is 0 Å². The Bertz CT molecular complexity index is 649. The maximum atomic E-state index is 12.5. The summed E-state index contributed by atoms with van der Waals surface area (Å²) in [6.07, 6.45) is 0.971. The molecule has 1 heterocycles. The molecule has 1 saturated heterocycles. The van der Waals surface area contributed by atoms with Crippen LogP contribution in [0.4, 0.5) is 0 Å². The number of primary amides is 1. The first-order valence-corrected chi connectivity index (χ1v) is 8.75. The summed E-state index contributed by atoms with van der Waals surface area (Å²) in [5, 5.41) is -1.14. The first-order valence-electron chi connectivity index (χ1n) is 7.21. The summed E-state index contributed by atoms with van der Waals surface area (Å²) >= 11 is 0. The van der Waals surface area contributed by atoms with Gasteiger partial charge in [-0.3, -0.25) is 9.59 Å². The lowest BCUT2D eigenvalue weighted by Gasteiger charge is -2.32. The molecule has 1 aliphatic rings. The molecule has 1 aromatic carbocycles. The molecule has 22 heavy (non-hydrogen) atoms. The quantitative estimate of drug-likeness (QED) is 0.875. The van der Waals surface area contributed by atoms with Gasteiger partial charge in [0, 0.05) is 19.0 Å². The lowest BCUT2D eigenvalue weighted by atomic mass is 9.96. The van der Waals surface area contributed by atoms with Crippen molar-refractivity contribution in [2.24, 2.45) is 11.7 Å². The molecule has 0 aromatic heterocycles. The second kappa shape index (κ2) is 6.48. The van der Waals surface area contributed by atoms with Crippen molar-refractivity contribution in [3.05, 3.63) is 30.3 Å². The van der Waals surface area contributed by atoms with Crippen LogP contribution in [0, 0.1) is 5.92 Å². The minimum absolute atomic E-state index is 0.142. The van der Waals surface area contributed by atoms with Gasteiger partial charge in [-0.25, -0.2) is 8.42 Å². The van der Waals surface area contributed by atoms with E-state index in [1.54, 1.807) is 18.2 Å². The summed E-state index contributed by atoms with van der Waals surface area (Å²) in [7, 11) is -3.70. The Labute approximate surface area is 130 Å². The summed E-state index contributed by atoms with van der Waals surface area (Å²) in [5.41, 5.74) is 5.26. The first-order chi connectivity index (χ1) is 10.3. The highest BCUT2D eigenvalue weighted by atomic mass is 32.2. The van der Waals surface area contributed by atoms with Crippen LogP contribution in [0.3, 0.4) is 0 Å². The number of piperidine rings is 1. The SMILES string of the molecule is CC(C(=O)N1CCC(C(N)=O)CC1)S(=O)(=O)c1ccccc1. The molecule has 1 aromatic rings. The Morgan fingerprint density at radius 2 is 1.73 bits per heavy atom. The van der Waals surface area contributed by atoms with Crippen LogP contribution in [-0.4, -0.2) is 43.5 Å². The van der Waals surface area contributed by atoms with Crippen LogP contribution in [0.1, 0.15) is 19.8 Å². The van der Waals surface area contributed by atoms with Crippen LogP contribution in [0.2, 0.25) is 0 Å². The van der Waals surface area contributed by atoms with Crippen LogP contribution >= 0.6 is 0 Å². The van der Waals surface area contributed by atoms with Gasteiger partial charge >= 0.3 is 0 Å². The Kier molecular flexibility index (Phi) is 4.85. The average Bonchev–Trinajstić information content (AvgIpc) is 2.54. The summed E-state index contributed by atoms with van der Waals surface area (Å²) in [6, 6.07) is 7.95. The smallest absolute Gasteiger partial charge is 0.241 e. The summed E-state index contributed by atoms with van der Waals surface area (Å²) in [6.45, 7) is 2.13. The van der Waals surface area contributed by atoms with E-state index in [1.165, 1.54) is 24.0 Å². The third kappa shape index (κ3) is 3.30. The van der Waals surface area contributed by atoms with Crippen molar-refractivity contribution in [1.82, 2.24) is 4.90 Å². The van der Waals surface area contributed by atoms with Gasteiger partial charge in [-0.2, -0.15) is 0 Å². The molecule has 0 bridgehead atoms. The van der Waals surface area contributed by atoms with Gasteiger partial charge in [0.2, 0.25) is 11.8 Å². The monoisotopic (exact) mass is 324 g/mol. The molecule has 0 saturated carbocycles. The zero-order chi connectivity index (χ0) is 16.3. The Balaban J connectivity index is 2.09. The topological polar surface area (TPSA) is 97.5 Å². The van der Waals surface area contributed by atoms with E-state index in [4.69, 9.17) is 5.73 Å². The summed E-state index contributed by atoms with van der Waals surface area (Å²) in [5.74, 6) is -1.02. The average molecular weight is 324 g/mol. The number of nitrogens with two attached hydrogens (primary N) is 1. The number of benzene rings is 1. The number of hydrogen-bond acceptors (Lipinski definition) is 4. The number of carbonyl (C=O) groups is 2. The van der Waals surface area contributed by atoms with Crippen LogP contribution in [-0.2, 0) is 19.4 Å². The van der Waals surface area contributed by atoms with E-state index in [-0.39, 0.29) is 16.7 Å². The van der Waals surface area contributed by atoms with Gasteiger partial charge in [-0.15, -0.1) is 0 Å². The molecule has 2 N–H and O–H groups in total. The zero-order valence-corrected chi connectivity index (χ0v) is 13.3. The van der Waals surface area contributed by atoms with Gasteiger partial charge in [0.1, 0.15) is 5.25 Å². The number of carbonyl (C=O) groups excluding carboxylic acids is 2. The Morgan fingerprint density at radius 1 is 1.18 bits per heavy atom. The molecule has 120 valence electrons. The van der Waals surface area contributed by atoms with Crippen LogP contribution in [0.25, 0.3) is 0 Å². The maximum Gasteiger partial charge on any atom is 0.241 e. The molecular weight excluding hydrogens is 304 g/mol. The van der Waals surface area contributed by atoms with Gasteiger partial charge in [0.05, 0.1) is 4.90 Å². The lowest BCUT2D eigenvalue weighted by Crippen LogP contribution is -2.47. The zero-order valence-electron chi connectivity index (χ0n) is 12.4. The van der Waals surface area contributed by atoms with Crippen molar-refractivity contribution in [1.29, 1.82) is 0 Å². The van der Waals surface area contributed by atoms with Crippen molar-refractivity contribution in [2.45, 2.75) is 29.9 Å². The Hall–Kier alpha value is -1.89. The number of hydrogen-bond donors (Lipinski definition) is 1. The van der Waals surface area contributed by atoms with E-state index in [0.29, 0.717) is 25.9 Å². The van der Waals surface area contributed by atoms with Gasteiger partial charge < -0.3 is 10.6 Å². The molecule has 0 spiro atoms. The van der Waals surface area contributed by atoms with Crippen molar-refractivity contribution in [3.8, 4) is 0 Å². The largest absolute Gasteiger partial charge is 0.369 e. The van der Waals surface area contributed by atoms with E-state index in [2.05, 4.69) is 0 Å². The number of rotatable bonds is 4. The second-order valence-electron chi connectivity index (χ2n) is 5.50. The predicted octanol–water partition coefficient (Wildman–Crippen LogP) is 0.573. The van der Waals surface area contributed by atoms with Gasteiger partial charge in [0.25, 0.3) is 0 Å². The number of sulfone groups is 1. The summed E-state index contributed by atoms with van der Waals surface area (Å²) in [4.78, 5) is 25.2. The number of amides is 2. The van der Waals surface area contributed by atoms with Crippen molar-refractivity contribution < 1.29 is 18.0 Å². The fourth-order valence-corrected chi connectivity index (χ4v) is 3.95. The minimum atomic E-state index is -3.70. The lowest BCUT2D eigenvalue weighted by molar-refractivity contribution is -0.134. The van der Waals surface area contributed by atoms with E-state index < -0.39 is 21.0 Å². The van der Waals surface area contributed by atoms with Crippen LogP contribution in [0.5, 0.6) is 0 Å². The summed E-state index contributed by atoms with van der Waals surface area (Å²) < 4.78 is 24.9. The molecule has 1 atom stereocenters. The molecule has 2 rings (SSSR count). The molecule has 0 radical (unpaired) electrons. The molecule has 1 unspecified atom stereocenters. The van der Waals surface area contributed by atoms with Crippen LogP contribution < -0.4 is 5.73 Å². The van der Waals surface area contributed by atoms with Gasteiger partial charge in [0.15, 0.2) is 9.84 Å². The number of likely N-dealkylation sites (tertiary alicyclic amines) is 1. The first kappa shape index (κ1) is 16.5. The molecule has 6 nitrogen and oxygen atoms in total. The van der Waals surface area contributed by atoms with E-state index >= 15 is 0 Å². The molecule has 7 heteroatoms. The van der Waals surface area contributed by atoms with Crippen LogP contribution in [0.15, 0.2) is 35.2 Å². The van der Waals surface area contributed by atoms with E-state index in [9.17, 15) is 18.0 Å².